The minimum Gasteiger partial charge on any atom is -0.360 e. The van der Waals surface area contributed by atoms with Crippen LogP contribution < -0.4 is 0 Å². The molecule has 3 heterocycles. The summed E-state index contributed by atoms with van der Waals surface area (Å²) in [6.07, 6.45) is 1.98. The molecule has 0 atom stereocenters. The van der Waals surface area contributed by atoms with Gasteiger partial charge in [0.1, 0.15) is 5.01 Å². The topological polar surface area (TPSA) is 58.9 Å². The summed E-state index contributed by atoms with van der Waals surface area (Å²) in [6, 6.07) is 15.7. The van der Waals surface area contributed by atoms with Crippen molar-refractivity contribution in [2.45, 2.75) is 0 Å². The first-order valence-electron chi connectivity index (χ1n) is 7.35. The number of halogens is 1. The molecule has 2 aromatic carbocycles. The van der Waals surface area contributed by atoms with Gasteiger partial charge >= 0.3 is 0 Å². The Bertz CT molecular complexity index is 1190. The van der Waals surface area contributed by atoms with Gasteiger partial charge in [0.15, 0.2) is 5.82 Å². The van der Waals surface area contributed by atoms with E-state index in [1.807, 2.05) is 48.7 Å². The minimum absolute atomic E-state index is 0.633. The van der Waals surface area contributed by atoms with Crippen LogP contribution in [0.2, 0.25) is 5.02 Å². The maximum atomic E-state index is 6.29. The van der Waals surface area contributed by atoms with Gasteiger partial charge in [0.05, 0.1) is 5.02 Å². The third-order valence-corrected chi connectivity index (χ3v) is 5.19. The van der Waals surface area contributed by atoms with E-state index >= 15 is 0 Å². The smallest absolute Gasteiger partial charge is 0.235 e. The molecule has 0 saturated heterocycles. The molecule has 0 aliphatic carbocycles. The fourth-order valence-corrected chi connectivity index (χ4v) is 3.87. The second-order valence-corrected chi connectivity index (χ2v) is 6.72. The second kappa shape index (κ2) is 5.15. The first-order valence-corrected chi connectivity index (χ1v) is 8.54. The van der Waals surface area contributed by atoms with Crippen molar-refractivity contribution in [3.05, 3.63) is 59.8 Å². The molecule has 5 rings (SSSR count). The van der Waals surface area contributed by atoms with Gasteiger partial charge in [0.25, 0.3) is 0 Å². The summed E-state index contributed by atoms with van der Waals surface area (Å²) in [6.45, 7) is 0. The molecule has 0 aliphatic heterocycles. The van der Waals surface area contributed by atoms with E-state index in [4.69, 9.17) is 16.7 Å². The van der Waals surface area contributed by atoms with Crippen LogP contribution in [0.25, 0.3) is 37.8 Å². The van der Waals surface area contributed by atoms with Gasteiger partial charge in [-0.15, -0.1) is 10.2 Å². The van der Waals surface area contributed by atoms with Crippen molar-refractivity contribution >= 4 is 38.8 Å². The van der Waals surface area contributed by atoms with E-state index in [0.717, 1.165) is 32.0 Å². The van der Waals surface area contributed by atoms with Crippen LogP contribution in [0.15, 0.2) is 54.7 Å². The lowest BCUT2D eigenvalue weighted by Crippen LogP contribution is -1.91. The Morgan fingerprint density at radius 2 is 1.79 bits per heavy atom. The van der Waals surface area contributed by atoms with Crippen LogP contribution in [0.4, 0.5) is 0 Å². The maximum Gasteiger partial charge on any atom is 0.235 e. The Balaban J connectivity index is 1.72. The van der Waals surface area contributed by atoms with Gasteiger partial charge in [0.2, 0.25) is 4.96 Å². The van der Waals surface area contributed by atoms with Crippen LogP contribution in [0.1, 0.15) is 0 Å². The molecule has 0 saturated carbocycles. The van der Waals surface area contributed by atoms with Gasteiger partial charge < -0.3 is 4.98 Å². The molecule has 7 heteroatoms. The first kappa shape index (κ1) is 13.7. The third-order valence-electron chi connectivity index (χ3n) is 3.93. The number of H-pyrrole nitrogens is 1. The molecule has 5 aromatic rings. The van der Waals surface area contributed by atoms with E-state index < -0.39 is 0 Å². The number of nitrogens with one attached hydrogen (secondary N) is 1. The molecule has 0 spiro atoms. The van der Waals surface area contributed by atoms with Crippen molar-refractivity contribution in [2.24, 2.45) is 0 Å². The molecular weight excluding hydrogens is 342 g/mol. The average molecular weight is 352 g/mol. The highest BCUT2D eigenvalue weighted by atomic mass is 35.5. The van der Waals surface area contributed by atoms with Crippen molar-refractivity contribution in [1.82, 2.24) is 24.8 Å². The Morgan fingerprint density at radius 3 is 2.71 bits per heavy atom. The van der Waals surface area contributed by atoms with Gasteiger partial charge in [-0.25, -0.2) is 0 Å². The first-order chi connectivity index (χ1) is 11.8. The van der Waals surface area contributed by atoms with Crippen LogP contribution in [0, 0.1) is 0 Å². The van der Waals surface area contributed by atoms with Crippen molar-refractivity contribution in [3.63, 3.8) is 0 Å². The summed E-state index contributed by atoms with van der Waals surface area (Å²) in [4.78, 5) is 4.02. The number of benzene rings is 2. The molecule has 0 amide bonds. The number of aromatic nitrogens is 5. The molecule has 0 radical (unpaired) electrons. The molecule has 0 fully saturated rings. The summed E-state index contributed by atoms with van der Waals surface area (Å²) in [5, 5.41) is 15.9. The van der Waals surface area contributed by atoms with Crippen molar-refractivity contribution in [1.29, 1.82) is 0 Å². The van der Waals surface area contributed by atoms with Gasteiger partial charge in [-0.2, -0.15) is 9.61 Å². The molecule has 1 N–H and O–H groups in total. The molecule has 116 valence electrons. The Hall–Kier alpha value is -2.70. The summed E-state index contributed by atoms with van der Waals surface area (Å²) >= 11 is 7.80. The standard InChI is InChI=1S/C17H10ClN5S/c18-13-7-3-1-6-11(13)15-20-21-17-23(15)22-16(24-17)12-9-19-14-8-4-2-5-10(12)14/h1-9,19H. The quantitative estimate of drug-likeness (QED) is 0.503. The highest BCUT2D eigenvalue weighted by Crippen LogP contribution is 2.33. The van der Waals surface area contributed by atoms with Crippen LogP contribution >= 0.6 is 22.9 Å². The third kappa shape index (κ3) is 1.97. The fraction of sp³-hybridized carbons (Fsp3) is 0. The summed E-state index contributed by atoms with van der Waals surface area (Å²) in [5.41, 5.74) is 2.97. The summed E-state index contributed by atoms with van der Waals surface area (Å²) < 4.78 is 1.75. The van der Waals surface area contributed by atoms with Crippen molar-refractivity contribution in [3.8, 4) is 22.0 Å². The van der Waals surface area contributed by atoms with Gasteiger partial charge in [-0.05, 0) is 18.2 Å². The average Bonchev–Trinajstić information content (AvgIpc) is 3.28. The lowest BCUT2D eigenvalue weighted by molar-refractivity contribution is 0.971. The van der Waals surface area contributed by atoms with E-state index in [1.54, 1.807) is 4.52 Å². The lowest BCUT2D eigenvalue weighted by atomic mass is 10.2. The van der Waals surface area contributed by atoms with E-state index in [0.29, 0.717) is 10.8 Å². The maximum absolute atomic E-state index is 6.29. The predicted molar refractivity (Wildman–Crippen MR) is 96.4 cm³/mol. The van der Waals surface area contributed by atoms with E-state index in [-0.39, 0.29) is 0 Å². The number of aromatic amines is 1. The van der Waals surface area contributed by atoms with Crippen LogP contribution in [0.5, 0.6) is 0 Å². The normalized spacial score (nSPS) is 11.5. The SMILES string of the molecule is Clc1ccccc1-c1nnc2sc(-c3c[nH]c4ccccc34)nn12. The minimum atomic E-state index is 0.633. The van der Waals surface area contributed by atoms with E-state index in [1.165, 1.54) is 11.3 Å². The zero-order valence-corrected chi connectivity index (χ0v) is 13.8. The van der Waals surface area contributed by atoms with Gasteiger partial charge in [-0.3, -0.25) is 0 Å². The van der Waals surface area contributed by atoms with Gasteiger partial charge in [-0.1, -0.05) is 53.3 Å². The molecule has 24 heavy (non-hydrogen) atoms. The zero-order chi connectivity index (χ0) is 16.1. The number of rotatable bonds is 2. The molecule has 3 aromatic heterocycles. The summed E-state index contributed by atoms with van der Waals surface area (Å²) in [7, 11) is 0. The van der Waals surface area contributed by atoms with E-state index in [2.05, 4.69) is 21.2 Å². The molecule has 0 unspecified atom stereocenters. The Labute approximate surface area is 145 Å². The summed E-state index contributed by atoms with van der Waals surface area (Å²) in [5.74, 6) is 0.651. The number of hydrogen-bond acceptors (Lipinski definition) is 4. The van der Waals surface area contributed by atoms with Crippen LogP contribution in [0.3, 0.4) is 0 Å². The van der Waals surface area contributed by atoms with Crippen LogP contribution in [-0.4, -0.2) is 24.8 Å². The number of fused-ring (bicyclic) bond motifs is 2. The lowest BCUT2D eigenvalue weighted by Gasteiger charge is -1.99. The van der Waals surface area contributed by atoms with Crippen LogP contribution in [-0.2, 0) is 0 Å². The molecule has 0 bridgehead atoms. The zero-order valence-electron chi connectivity index (χ0n) is 12.3. The Kier molecular flexibility index (Phi) is 2.95. The highest BCUT2D eigenvalue weighted by Gasteiger charge is 2.17. The van der Waals surface area contributed by atoms with Gasteiger partial charge in [0, 0.05) is 28.2 Å². The number of hydrogen-bond donors (Lipinski definition) is 1. The molecule has 0 aliphatic rings. The fourth-order valence-electron chi connectivity index (χ4n) is 2.78. The second-order valence-electron chi connectivity index (χ2n) is 5.35. The number of nitrogens with zero attached hydrogens (tertiary/aromatic N) is 4. The Morgan fingerprint density at radius 1 is 0.958 bits per heavy atom. The molecule has 5 nitrogen and oxygen atoms in total. The predicted octanol–water partition coefficient (Wildman–Crippen LogP) is 4.65. The monoisotopic (exact) mass is 351 g/mol. The van der Waals surface area contributed by atoms with Crippen molar-refractivity contribution in [2.75, 3.05) is 0 Å². The largest absolute Gasteiger partial charge is 0.360 e. The molecular formula is C17H10ClN5S. The van der Waals surface area contributed by atoms with E-state index in [9.17, 15) is 0 Å². The number of para-hydroxylation sites is 1. The highest BCUT2D eigenvalue weighted by molar-refractivity contribution is 7.20. The van der Waals surface area contributed by atoms with Crippen molar-refractivity contribution < 1.29 is 0 Å².